The Labute approximate surface area is 189 Å². The third-order valence-electron chi connectivity index (χ3n) is 4.80. The lowest BCUT2D eigenvalue weighted by Gasteiger charge is -2.16. The van der Waals surface area contributed by atoms with Gasteiger partial charge in [-0.2, -0.15) is 0 Å². The predicted octanol–water partition coefficient (Wildman–Crippen LogP) is 5.20. The predicted molar refractivity (Wildman–Crippen MR) is 126 cm³/mol. The Balaban J connectivity index is 1.67. The second-order valence-corrected chi connectivity index (χ2v) is 8.02. The molecule has 1 saturated heterocycles. The molecule has 1 heterocycles. The SMILES string of the molecule is COc1cccc(/C=C2/SC(=Nc3ccccc3)N(Cc3ccc(C(=O)O)cc3)C2=O)c1. The van der Waals surface area contributed by atoms with Crippen LogP contribution in [0.4, 0.5) is 5.69 Å². The van der Waals surface area contributed by atoms with Crippen LogP contribution in [-0.4, -0.2) is 34.2 Å². The number of methoxy groups -OCH3 is 1. The van der Waals surface area contributed by atoms with E-state index >= 15 is 0 Å². The molecule has 0 atom stereocenters. The molecule has 7 heteroatoms. The number of rotatable bonds is 6. The van der Waals surface area contributed by atoms with Crippen LogP contribution in [0, 0.1) is 0 Å². The van der Waals surface area contributed by atoms with Gasteiger partial charge in [-0.3, -0.25) is 9.69 Å². The van der Waals surface area contributed by atoms with Gasteiger partial charge in [-0.05, 0) is 65.4 Å². The molecule has 32 heavy (non-hydrogen) atoms. The van der Waals surface area contributed by atoms with Crippen molar-refractivity contribution in [3.8, 4) is 5.75 Å². The number of ether oxygens (including phenoxy) is 1. The first kappa shape index (κ1) is 21.4. The number of nitrogens with zero attached hydrogens (tertiary/aromatic N) is 2. The lowest BCUT2D eigenvalue weighted by molar-refractivity contribution is -0.122. The van der Waals surface area contributed by atoms with Crippen molar-refractivity contribution in [3.63, 3.8) is 0 Å². The summed E-state index contributed by atoms with van der Waals surface area (Å²) in [5.41, 5.74) is 2.61. The van der Waals surface area contributed by atoms with Crippen molar-refractivity contribution in [2.24, 2.45) is 4.99 Å². The van der Waals surface area contributed by atoms with Crippen molar-refractivity contribution < 1.29 is 19.4 Å². The fourth-order valence-corrected chi connectivity index (χ4v) is 4.16. The number of carbonyl (C=O) groups is 2. The summed E-state index contributed by atoms with van der Waals surface area (Å²) in [7, 11) is 1.60. The topological polar surface area (TPSA) is 79.2 Å². The number of hydrogen-bond acceptors (Lipinski definition) is 5. The molecule has 160 valence electrons. The summed E-state index contributed by atoms with van der Waals surface area (Å²) in [6.45, 7) is 0.285. The van der Waals surface area contributed by atoms with Gasteiger partial charge >= 0.3 is 5.97 Å². The van der Waals surface area contributed by atoms with Crippen LogP contribution in [0.2, 0.25) is 0 Å². The molecular weight excluding hydrogens is 424 g/mol. The standard InChI is InChI=1S/C25H20N2O4S/c1-31-21-9-5-6-18(14-21)15-22-23(28)27(16-17-10-12-19(13-11-17)24(29)30)25(32-22)26-20-7-3-2-4-8-20/h2-15H,16H2,1H3,(H,29,30)/b22-15+,26-25?. The zero-order valence-corrected chi connectivity index (χ0v) is 18.1. The van der Waals surface area contributed by atoms with Gasteiger partial charge in [0.15, 0.2) is 5.17 Å². The highest BCUT2D eigenvalue weighted by atomic mass is 32.2. The Morgan fingerprint density at radius 1 is 1.06 bits per heavy atom. The van der Waals surface area contributed by atoms with Crippen LogP contribution >= 0.6 is 11.8 Å². The van der Waals surface area contributed by atoms with Crippen molar-refractivity contribution >= 4 is 40.6 Å². The van der Waals surface area contributed by atoms with Crippen molar-refractivity contribution in [1.29, 1.82) is 0 Å². The number of amidine groups is 1. The summed E-state index contributed by atoms with van der Waals surface area (Å²) < 4.78 is 5.28. The van der Waals surface area contributed by atoms with Gasteiger partial charge in [-0.1, -0.05) is 42.5 Å². The van der Waals surface area contributed by atoms with E-state index in [1.807, 2.05) is 60.7 Å². The molecule has 0 aliphatic carbocycles. The molecule has 1 aliphatic rings. The summed E-state index contributed by atoms with van der Waals surface area (Å²) in [4.78, 5) is 31.2. The molecule has 3 aromatic rings. The van der Waals surface area contributed by atoms with E-state index in [1.165, 1.54) is 23.9 Å². The molecule has 0 saturated carbocycles. The Bertz CT molecular complexity index is 1200. The number of benzene rings is 3. The van der Waals surface area contributed by atoms with Crippen LogP contribution < -0.4 is 4.74 Å². The first-order valence-electron chi connectivity index (χ1n) is 9.85. The van der Waals surface area contributed by atoms with E-state index < -0.39 is 5.97 Å². The van der Waals surface area contributed by atoms with Gasteiger partial charge in [0, 0.05) is 0 Å². The maximum absolute atomic E-state index is 13.3. The van der Waals surface area contributed by atoms with Crippen molar-refractivity contribution in [1.82, 2.24) is 4.90 Å². The number of aliphatic imine (C=N–C) groups is 1. The third kappa shape index (κ3) is 4.90. The summed E-state index contributed by atoms with van der Waals surface area (Å²) in [5.74, 6) is -0.433. The molecule has 4 rings (SSSR count). The fourth-order valence-electron chi connectivity index (χ4n) is 3.16. The normalized spacial score (nSPS) is 16.0. The maximum Gasteiger partial charge on any atom is 0.335 e. The van der Waals surface area contributed by atoms with Gasteiger partial charge in [0.1, 0.15) is 5.75 Å². The summed E-state index contributed by atoms with van der Waals surface area (Å²) in [6.07, 6.45) is 1.82. The van der Waals surface area contributed by atoms with Crippen molar-refractivity contribution in [2.45, 2.75) is 6.54 Å². The van der Waals surface area contributed by atoms with Crippen LogP contribution in [0.1, 0.15) is 21.5 Å². The van der Waals surface area contributed by atoms with Gasteiger partial charge in [0.25, 0.3) is 5.91 Å². The highest BCUT2D eigenvalue weighted by Crippen LogP contribution is 2.35. The van der Waals surface area contributed by atoms with E-state index in [9.17, 15) is 9.59 Å². The second kappa shape index (κ2) is 9.53. The quantitative estimate of drug-likeness (QED) is 0.529. The van der Waals surface area contributed by atoms with Crippen LogP contribution in [0.5, 0.6) is 5.75 Å². The van der Waals surface area contributed by atoms with Gasteiger partial charge in [-0.15, -0.1) is 0 Å². The lowest BCUT2D eigenvalue weighted by Crippen LogP contribution is -2.28. The molecule has 6 nitrogen and oxygen atoms in total. The van der Waals surface area contributed by atoms with Crippen LogP contribution in [-0.2, 0) is 11.3 Å². The second-order valence-electron chi connectivity index (χ2n) is 7.01. The minimum atomic E-state index is -0.987. The Morgan fingerprint density at radius 2 is 1.81 bits per heavy atom. The average Bonchev–Trinajstić information content (AvgIpc) is 3.09. The molecular formula is C25H20N2O4S. The van der Waals surface area contributed by atoms with E-state index in [1.54, 1.807) is 24.1 Å². The van der Waals surface area contributed by atoms with Crippen molar-refractivity contribution in [3.05, 3.63) is 100 Å². The number of hydrogen-bond donors (Lipinski definition) is 1. The fraction of sp³-hybridized carbons (Fsp3) is 0.0800. The highest BCUT2D eigenvalue weighted by molar-refractivity contribution is 8.18. The molecule has 3 aromatic carbocycles. The maximum atomic E-state index is 13.3. The van der Waals surface area contributed by atoms with Crippen LogP contribution in [0.15, 0.2) is 88.8 Å². The number of para-hydroxylation sites is 1. The molecule has 0 aromatic heterocycles. The molecule has 1 aliphatic heterocycles. The van der Waals surface area contributed by atoms with E-state index in [4.69, 9.17) is 9.84 Å². The monoisotopic (exact) mass is 444 g/mol. The van der Waals surface area contributed by atoms with E-state index in [-0.39, 0.29) is 18.0 Å². The number of carbonyl (C=O) groups excluding carboxylic acids is 1. The molecule has 0 radical (unpaired) electrons. The number of thioether (sulfide) groups is 1. The Kier molecular flexibility index (Phi) is 6.37. The van der Waals surface area contributed by atoms with Gasteiger partial charge in [0.2, 0.25) is 0 Å². The van der Waals surface area contributed by atoms with Gasteiger partial charge < -0.3 is 9.84 Å². The highest BCUT2D eigenvalue weighted by Gasteiger charge is 2.33. The smallest absolute Gasteiger partial charge is 0.335 e. The molecule has 0 bridgehead atoms. The number of amides is 1. The zero-order valence-electron chi connectivity index (χ0n) is 17.3. The third-order valence-corrected chi connectivity index (χ3v) is 5.81. The summed E-state index contributed by atoms with van der Waals surface area (Å²) >= 11 is 1.31. The van der Waals surface area contributed by atoms with Crippen molar-refractivity contribution in [2.75, 3.05) is 7.11 Å². The number of carboxylic acid groups (broad SMARTS) is 1. The first-order valence-corrected chi connectivity index (χ1v) is 10.7. The summed E-state index contributed by atoms with van der Waals surface area (Å²) in [6, 6.07) is 23.4. The zero-order chi connectivity index (χ0) is 22.5. The van der Waals surface area contributed by atoms with E-state index in [0.29, 0.717) is 15.8 Å². The average molecular weight is 445 g/mol. The van der Waals surface area contributed by atoms with Crippen LogP contribution in [0.3, 0.4) is 0 Å². The molecule has 0 spiro atoms. The Hall–Kier alpha value is -3.84. The van der Waals surface area contributed by atoms with E-state index in [2.05, 4.69) is 4.99 Å². The molecule has 1 fully saturated rings. The van der Waals surface area contributed by atoms with Crippen LogP contribution in [0.25, 0.3) is 6.08 Å². The van der Waals surface area contributed by atoms with Gasteiger partial charge in [-0.25, -0.2) is 9.79 Å². The number of aromatic carboxylic acids is 1. The summed E-state index contributed by atoms with van der Waals surface area (Å²) in [5, 5.41) is 9.68. The number of carboxylic acids is 1. The Morgan fingerprint density at radius 3 is 2.50 bits per heavy atom. The first-order chi connectivity index (χ1) is 15.5. The molecule has 0 unspecified atom stereocenters. The minimum Gasteiger partial charge on any atom is -0.497 e. The van der Waals surface area contributed by atoms with Gasteiger partial charge in [0.05, 0.1) is 29.8 Å². The largest absolute Gasteiger partial charge is 0.497 e. The van der Waals surface area contributed by atoms with E-state index in [0.717, 1.165) is 16.8 Å². The minimum absolute atomic E-state index is 0.158. The lowest BCUT2D eigenvalue weighted by atomic mass is 10.1. The molecule has 1 N–H and O–H groups in total. The molecule has 1 amide bonds.